The highest BCUT2D eigenvalue weighted by Crippen LogP contribution is 2.28. The molecule has 8 heteroatoms. The molecular formula is C20H22Br2N2O3S. The third-order valence-electron chi connectivity index (χ3n) is 4.95. The number of carbonyl (C=O) groups excluding carboxylic acids is 1. The van der Waals surface area contributed by atoms with Crippen molar-refractivity contribution in [2.75, 3.05) is 18.4 Å². The normalized spacial score (nSPS) is 18.1. The average Bonchev–Trinajstić information content (AvgIpc) is 2.65. The van der Waals surface area contributed by atoms with E-state index in [2.05, 4.69) is 37.2 Å². The van der Waals surface area contributed by atoms with E-state index in [0.717, 1.165) is 25.8 Å². The van der Waals surface area contributed by atoms with Gasteiger partial charge in [0.05, 0.1) is 10.8 Å². The molecule has 28 heavy (non-hydrogen) atoms. The van der Waals surface area contributed by atoms with E-state index < -0.39 is 10.0 Å². The summed E-state index contributed by atoms with van der Waals surface area (Å²) in [5, 5.41) is 3.01. The topological polar surface area (TPSA) is 66.5 Å². The Labute approximate surface area is 182 Å². The zero-order valence-corrected chi connectivity index (χ0v) is 19.7. The predicted octanol–water partition coefficient (Wildman–Crippen LogP) is 4.87. The third kappa shape index (κ3) is 4.67. The average molecular weight is 530 g/mol. The molecule has 1 aliphatic heterocycles. The summed E-state index contributed by atoms with van der Waals surface area (Å²) >= 11 is 6.78. The van der Waals surface area contributed by atoms with E-state index in [9.17, 15) is 13.2 Å². The maximum absolute atomic E-state index is 12.9. The van der Waals surface area contributed by atoms with Gasteiger partial charge in [-0.25, -0.2) is 8.42 Å². The molecule has 3 rings (SSSR count). The molecule has 2 aromatic rings. The second-order valence-corrected chi connectivity index (χ2v) is 10.8. The zero-order chi connectivity index (χ0) is 20.5. The fourth-order valence-corrected chi connectivity index (χ4v) is 5.94. The standard InChI is InChI=1S/C20H22Br2N2O3S/c1-13-10-17(22)11-14(2)19(13)23-20(25)15-4-3-9-24(12-15)28(26,27)18-7-5-16(21)6-8-18/h5-8,10-11,15H,3-4,9,12H2,1-2H3,(H,23,25)/t15-/m1/s1. The Morgan fingerprint density at radius 2 is 1.68 bits per heavy atom. The van der Waals surface area contributed by atoms with Crippen molar-refractivity contribution in [1.82, 2.24) is 4.31 Å². The Morgan fingerprint density at radius 3 is 2.29 bits per heavy atom. The summed E-state index contributed by atoms with van der Waals surface area (Å²) < 4.78 is 29.1. The van der Waals surface area contributed by atoms with Crippen LogP contribution in [0.3, 0.4) is 0 Å². The molecule has 150 valence electrons. The van der Waals surface area contributed by atoms with E-state index >= 15 is 0 Å². The molecule has 1 heterocycles. The van der Waals surface area contributed by atoms with Gasteiger partial charge in [0.1, 0.15) is 0 Å². The Balaban J connectivity index is 1.76. The van der Waals surface area contributed by atoms with E-state index in [1.54, 1.807) is 24.3 Å². The van der Waals surface area contributed by atoms with Crippen LogP contribution in [-0.4, -0.2) is 31.7 Å². The first kappa shape index (κ1) is 21.5. The number of anilines is 1. The number of rotatable bonds is 4. The van der Waals surface area contributed by atoms with Gasteiger partial charge in [0, 0.05) is 27.7 Å². The number of nitrogens with zero attached hydrogens (tertiary/aromatic N) is 1. The Hall–Kier alpha value is -1.22. The van der Waals surface area contributed by atoms with Gasteiger partial charge in [0.15, 0.2) is 0 Å². The van der Waals surface area contributed by atoms with Gasteiger partial charge >= 0.3 is 0 Å². The van der Waals surface area contributed by atoms with Crippen LogP contribution in [0.25, 0.3) is 0 Å². The molecule has 0 bridgehead atoms. The highest BCUT2D eigenvalue weighted by molar-refractivity contribution is 9.10. The number of piperidine rings is 1. The molecule has 1 atom stereocenters. The SMILES string of the molecule is Cc1cc(Br)cc(C)c1NC(=O)[C@@H]1CCCN(S(=O)(=O)c2ccc(Br)cc2)C1. The largest absolute Gasteiger partial charge is 0.325 e. The third-order valence-corrected chi connectivity index (χ3v) is 7.82. The van der Waals surface area contributed by atoms with Gasteiger partial charge in [-0.3, -0.25) is 4.79 Å². The Morgan fingerprint density at radius 1 is 1.07 bits per heavy atom. The molecule has 1 fully saturated rings. The molecule has 1 aliphatic rings. The van der Waals surface area contributed by atoms with Gasteiger partial charge in [0.25, 0.3) is 0 Å². The number of benzene rings is 2. The van der Waals surface area contributed by atoms with E-state index in [0.29, 0.717) is 19.4 Å². The van der Waals surface area contributed by atoms with Crippen molar-refractivity contribution in [3.8, 4) is 0 Å². The Bertz CT molecular complexity index is 968. The van der Waals surface area contributed by atoms with Crippen molar-refractivity contribution in [2.45, 2.75) is 31.6 Å². The van der Waals surface area contributed by atoms with E-state index in [4.69, 9.17) is 0 Å². The van der Waals surface area contributed by atoms with Crippen LogP contribution in [0.4, 0.5) is 5.69 Å². The minimum atomic E-state index is -3.61. The van der Waals surface area contributed by atoms with Gasteiger partial charge in [-0.2, -0.15) is 4.31 Å². The van der Waals surface area contributed by atoms with Crippen molar-refractivity contribution < 1.29 is 13.2 Å². The summed E-state index contributed by atoms with van der Waals surface area (Å²) in [4.78, 5) is 13.1. The van der Waals surface area contributed by atoms with Crippen LogP contribution in [0.5, 0.6) is 0 Å². The number of aryl methyl sites for hydroxylation is 2. The molecule has 0 unspecified atom stereocenters. The molecule has 0 aliphatic carbocycles. The van der Waals surface area contributed by atoms with Crippen LogP contribution in [-0.2, 0) is 14.8 Å². The molecule has 0 spiro atoms. The predicted molar refractivity (Wildman–Crippen MR) is 118 cm³/mol. The maximum Gasteiger partial charge on any atom is 0.243 e. The molecule has 5 nitrogen and oxygen atoms in total. The number of nitrogens with one attached hydrogen (secondary N) is 1. The molecule has 1 saturated heterocycles. The highest BCUT2D eigenvalue weighted by atomic mass is 79.9. The second kappa shape index (κ2) is 8.65. The molecule has 0 radical (unpaired) electrons. The smallest absolute Gasteiger partial charge is 0.243 e. The first-order valence-corrected chi connectivity index (χ1v) is 12.0. The first-order chi connectivity index (χ1) is 13.2. The molecule has 0 saturated carbocycles. The lowest BCUT2D eigenvalue weighted by molar-refractivity contribution is -0.120. The van der Waals surface area contributed by atoms with Gasteiger partial charge in [0.2, 0.25) is 15.9 Å². The molecule has 1 N–H and O–H groups in total. The summed E-state index contributed by atoms with van der Waals surface area (Å²) in [5.74, 6) is -0.509. The number of amides is 1. The lowest BCUT2D eigenvalue weighted by Gasteiger charge is -2.31. The van der Waals surface area contributed by atoms with Crippen LogP contribution in [0, 0.1) is 19.8 Å². The molecule has 1 amide bonds. The lowest BCUT2D eigenvalue weighted by Crippen LogP contribution is -2.43. The minimum absolute atomic E-state index is 0.135. The van der Waals surface area contributed by atoms with Gasteiger partial charge in [-0.15, -0.1) is 0 Å². The van der Waals surface area contributed by atoms with Gasteiger partial charge in [-0.1, -0.05) is 31.9 Å². The monoisotopic (exact) mass is 528 g/mol. The summed E-state index contributed by atoms with van der Waals surface area (Å²) in [6.07, 6.45) is 1.33. The van der Waals surface area contributed by atoms with Crippen molar-refractivity contribution >= 4 is 53.5 Å². The van der Waals surface area contributed by atoms with E-state index in [1.165, 1.54) is 4.31 Å². The van der Waals surface area contributed by atoms with Crippen molar-refractivity contribution in [3.05, 3.63) is 56.5 Å². The fraction of sp³-hybridized carbons (Fsp3) is 0.350. The van der Waals surface area contributed by atoms with E-state index in [1.807, 2.05) is 26.0 Å². The van der Waals surface area contributed by atoms with Crippen molar-refractivity contribution in [2.24, 2.45) is 5.92 Å². The highest BCUT2D eigenvalue weighted by Gasteiger charge is 2.33. The number of carbonyl (C=O) groups is 1. The van der Waals surface area contributed by atoms with Crippen LogP contribution in [0.1, 0.15) is 24.0 Å². The van der Waals surface area contributed by atoms with E-state index in [-0.39, 0.29) is 23.3 Å². The number of hydrogen-bond donors (Lipinski definition) is 1. The van der Waals surface area contributed by atoms with Crippen molar-refractivity contribution in [3.63, 3.8) is 0 Å². The molecule has 2 aromatic carbocycles. The van der Waals surface area contributed by atoms with Gasteiger partial charge < -0.3 is 5.32 Å². The summed E-state index contributed by atoms with van der Waals surface area (Å²) in [6, 6.07) is 10.5. The molecular weight excluding hydrogens is 508 g/mol. The lowest BCUT2D eigenvalue weighted by atomic mass is 9.98. The van der Waals surface area contributed by atoms with Gasteiger partial charge in [-0.05, 0) is 74.2 Å². The fourth-order valence-electron chi connectivity index (χ4n) is 3.46. The summed E-state index contributed by atoms with van der Waals surface area (Å²) in [7, 11) is -3.61. The Kier molecular flexibility index (Phi) is 6.64. The van der Waals surface area contributed by atoms with Crippen LogP contribution >= 0.6 is 31.9 Å². The molecule has 0 aromatic heterocycles. The van der Waals surface area contributed by atoms with Crippen LogP contribution in [0.15, 0.2) is 50.2 Å². The second-order valence-electron chi connectivity index (χ2n) is 7.06. The van der Waals surface area contributed by atoms with Crippen LogP contribution in [0.2, 0.25) is 0 Å². The quantitative estimate of drug-likeness (QED) is 0.614. The minimum Gasteiger partial charge on any atom is -0.325 e. The van der Waals surface area contributed by atoms with Crippen molar-refractivity contribution in [1.29, 1.82) is 0 Å². The zero-order valence-electron chi connectivity index (χ0n) is 15.7. The summed E-state index contributed by atoms with van der Waals surface area (Å²) in [6.45, 7) is 4.51. The summed E-state index contributed by atoms with van der Waals surface area (Å²) in [5.41, 5.74) is 2.73. The number of sulfonamides is 1. The first-order valence-electron chi connectivity index (χ1n) is 9.02. The maximum atomic E-state index is 12.9. The number of hydrogen-bond acceptors (Lipinski definition) is 3. The van der Waals surface area contributed by atoms with Crippen LogP contribution < -0.4 is 5.32 Å². The number of halogens is 2.